The molecule has 0 aromatic carbocycles. The fourth-order valence-corrected chi connectivity index (χ4v) is 1.48. The summed E-state index contributed by atoms with van der Waals surface area (Å²) in [5.74, 6) is -2.93. The average Bonchev–Trinajstić information content (AvgIpc) is 2.69. The minimum Gasteiger partial charge on any atom is -0.475 e. The van der Waals surface area contributed by atoms with E-state index in [0.717, 1.165) is 13.0 Å². The summed E-state index contributed by atoms with van der Waals surface area (Å²) in [5.41, 5.74) is 5.02. The van der Waals surface area contributed by atoms with Crippen LogP contribution in [0.2, 0.25) is 0 Å². The van der Waals surface area contributed by atoms with Gasteiger partial charge in [0.15, 0.2) is 0 Å². The number of aliphatic carboxylic acids is 1. The van der Waals surface area contributed by atoms with Gasteiger partial charge in [-0.2, -0.15) is 13.2 Å². The zero-order valence-electron chi connectivity index (χ0n) is 9.87. The van der Waals surface area contributed by atoms with Crippen LogP contribution in [0.25, 0.3) is 0 Å². The number of carbonyl (C=O) groups excluding carboxylic acids is 1. The monoisotopic (exact) mass is 270 g/mol. The Balaban J connectivity index is 0.000000360. The number of amides is 1. The topological polar surface area (TPSA) is 83.6 Å². The summed E-state index contributed by atoms with van der Waals surface area (Å²) < 4.78 is 31.7. The Kier molecular flexibility index (Phi) is 7.33. The van der Waals surface area contributed by atoms with Crippen LogP contribution < -0.4 is 5.73 Å². The molecule has 1 rings (SSSR count). The van der Waals surface area contributed by atoms with E-state index in [9.17, 15) is 18.0 Å². The smallest absolute Gasteiger partial charge is 0.475 e. The lowest BCUT2D eigenvalue weighted by Crippen LogP contribution is -2.22. The average molecular weight is 270 g/mol. The number of carboxylic acid groups (broad SMARTS) is 1. The van der Waals surface area contributed by atoms with E-state index < -0.39 is 12.1 Å². The number of rotatable bonds is 4. The number of hydrogen-bond acceptors (Lipinski definition) is 3. The van der Waals surface area contributed by atoms with Gasteiger partial charge in [-0.1, -0.05) is 0 Å². The molecule has 1 aliphatic rings. The van der Waals surface area contributed by atoms with E-state index in [1.807, 2.05) is 0 Å². The molecule has 106 valence electrons. The van der Waals surface area contributed by atoms with Crippen LogP contribution in [0.15, 0.2) is 0 Å². The Bertz CT molecular complexity index is 276. The lowest BCUT2D eigenvalue weighted by molar-refractivity contribution is -0.192. The molecule has 0 aliphatic carbocycles. The second-order valence-electron chi connectivity index (χ2n) is 3.92. The summed E-state index contributed by atoms with van der Waals surface area (Å²) in [6.45, 7) is 3.46. The number of likely N-dealkylation sites (tertiary alicyclic amines) is 1. The molecule has 1 heterocycles. The highest BCUT2D eigenvalue weighted by Gasteiger charge is 2.38. The van der Waals surface area contributed by atoms with Crippen molar-refractivity contribution in [1.82, 2.24) is 4.90 Å². The van der Waals surface area contributed by atoms with Crippen LogP contribution >= 0.6 is 0 Å². The van der Waals surface area contributed by atoms with Gasteiger partial charge in [0.25, 0.3) is 0 Å². The first-order valence-electron chi connectivity index (χ1n) is 5.54. The van der Waals surface area contributed by atoms with E-state index in [1.165, 1.54) is 25.9 Å². The Morgan fingerprint density at radius 2 is 1.67 bits per heavy atom. The third-order valence-electron chi connectivity index (χ3n) is 2.34. The molecule has 0 spiro atoms. The van der Waals surface area contributed by atoms with Gasteiger partial charge in [-0.3, -0.25) is 4.79 Å². The quantitative estimate of drug-likeness (QED) is 0.797. The maximum Gasteiger partial charge on any atom is 0.490 e. The molecule has 1 saturated heterocycles. The second kappa shape index (κ2) is 7.91. The Morgan fingerprint density at radius 1 is 1.22 bits per heavy atom. The van der Waals surface area contributed by atoms with Crippen LogP contribution in [-0.4, -0.2) is 47.7 Å². The molecule has 0 aromatic heterocycles. The van der Waals surface area contributed by atoms with Crippen LogP contribution in [0, 0.1) is 0 Å². The molecule has 8 heteroatoms. The van der Waals surface area contributed by atoms with Crippen molar-refractivity contribution < 1.29 is 27.9 Å². The number of carbonyl (C=O) groups is 2. The van der Waals surface area contributed by atoms with Crippen molar-refractivity contribution in [2.45, 2.75) is 31.9 Å². The number of nitrogens with zero attached hydrogens (tertiary/aromatic N) is 1. The molecular weight excluding hydrogens is 253 g/mol. The van der Waals surface area contributed by atoms with E-state index in [4.69, 9.17) is 15.6 Å². The van der Waals surface area contributed by atoms with Gasteiger partial charge in [-0.05, 0) is 38.9 Å². The Morgan fingerprint density at radius 3 is 2.00 bits per heavy atom. The van der Waals surface area contributed by atoms with Gasteiger partial charge in [0, 0.05) is 6.42 Å². The Labute approximate surface area is 103 Å². The number of carboxylic acids is 1. The lowest BCUT2D eigenvalue weighted by atomic mass is 10.3. The summed E-state index contributed by atoms with van der Waals surface area (Å²) in [4.78, 5) is 21.7. The summed E-state index contributed by atoms with van der Waals surface area (Å²) in [7, 11) is 0. The van der Waals surface area contributed by atoms with Gasteiger partial charge in [0.05, 0.1) is 0 Å². The van der Waals surface area contributed by atoms with Gasteiger partial charge in [0.1, 0.15) is 0 Å². The third kappa shape index (κ3) is 8.80. The Hall–Kier alpha value is -1.31. The minimum atomic E-state index is -5.08. The fraction of sp³-hybridized carbons (Fsp3) is 0.800. The third-order valence-corrected chi connectivity index (χ3v) is 2.34. The molecule has 0 radical (unpaired) electrons. The van der Waals surface area contributed by atoms with Crippen LogP contribution in [0.4, 0.5) is 13.2 Å². The molecule has 18 heavy (non-hydrogen) atoms. The van der Waals surface area contributed by atoms with E-state index in [1.54, 1.807) is 0 Å². The number of primary amides is 1. The molecule has 0 aromatic rings. The minimum absolute atomic E-state index is 0.177. The zero-order valence-corrected chi connectivity index (χ0v) is 9.87. The van der Waals surface area contributed by atoms with E-state index in [2.05, 4.69) is 4.90 Å². The van der Waals surface area contributed by atoms with Crippen molar-refractivity contribution in [3.8, 4) is 0 Å². The zero-order chi connectivity index (χ0) is 14.2. The van der Waals surface area contributed by atoms with Gasteiger partial charge in [0.2, 0.25) is 5.91 Å². The van der Waals surface area contributed by atoms with Crippen LogP contribution in [0.3, 0.4) is 0 Å². The summed E-state index contributed by atoms with van der Waals surface area (Å²) in [6, 6.07) is 0. The van der Waals surface area contributed by atoms with Gasteiger partial charge in [-0.15, -0.1) is 0 Å². The molecule has 0 atom stereocenters. The van der Waals surface area contributed by atoms with Gasteiger partial charge >= 0.3 is 12.1 Å². The number of nitrogens with two attached hydrogens (primary N) is 1. The van der Waals surface area contributed by atoms with Crippen molar-refractivity contribution in [2.75, 3.05) is 19.6 Å². The van der Waals surface area contributed by atoms with Crippen molar-refractivity contribution in [1.29, 1.82) is 0 Å². The van der Waals surface area contributed by atoms with Crippen molar-refractivity contribution >= 4 is 11.9 Å². The first-order chi connectivity index (χ1) is 8.23. The largest absolute Gasteiger partial charge is 0.490 e. The number of halogens is 3. The first kappa shape index (κ1) is 16.7. The van der Waals surface area contributed by atoms with Crippen molar-refractivity contribution in [3.63, 3.8) is 0 Å². The molecule has 5 nitrogen and oxygen atoms in total. The van der Waals surface area contributed by atoms with Crippen LogP contribution in [0.1, 0.15) is 25.7 Å². The molecule has 1 amide bonds. The lowest BCUT2D eigenvalue weighted by Gasteiger charge is -2.12. The van der Waals surface area contributed by atoms with Crippen LogP contribution in [-0.2, 0) is 9.59 Å². The predicted molar refractivity (Wildman–Crippen MR) is 57.8 cm³/mol. The maximum atomic E-state index is 10.6. The molecule has 1 aliphatic heterocycles. The van der Waals surface area contributed by atoms with Gasteiger partial charge in [-0.25, -0.2) is 4.79 Å². The summed E-state index contributed by atoms with van der Waals surface area (Å²) in [6.07, 6.45) is -0.987. The van der Waals surface area contributed by atoms with Gasteiger partial charge < -0.3 is 15.7 Å². The normalized spacial score (nSPS) is 15.9. The summed E-state index contributed by atoms with van der Waals surface area (Å²) >= 11 is 0. The predicted octanol–water partition coefficient (Wildman–Crippen LogP) is 0.981. The molecule has 0 bridgehead atoms. The standard InChI is InChI=1S/C8H16N2O.C2HF3O2/c9-8(11)4-3-7-10-5-1-2-6-10;3-2(4,5)1(6)7/h1-7H2,(H2,9,11);(H,6,7). The van der Waals surface area contributed by atoms with Crippen molar-refractivity contribution in [2.24, 2.45) is 5.73 Å². The first-order valence-corrected chi connectivity index (χ1v) is 5.54. The number of alkyl halides is 3. The molecule has 3 N–H and O–H groups in total. The van der Waals surface area contributed by atoms with Crippen LogP contribution in [0.5, 0.6) is 0 Å². The number of hydrogen-bond donors (Lipinski definition) is 2. The summed E-state index contributed by atoms with van der Waals surface area (Å²) in [5, 5.41) is 7.12. The SMILES string of the molecule is NC(=O)CCCN1CCCC1.O=C(O)C(F)(F)F. The second-order valence-corrected chi connectivity index (χ2v) is 3.92. The molecule has 0 unspecified atom stereocenters. The van der Waals surface area contributed by atoms with E-state index in [0.29, 0.717) is 6.42 Å². The molecular formula is C10H17F3N2O3. The highest BCUT2D eigenvalue weighted by atomic mass is 19.4. The molecule has 0 saturated carbocycles. The highest BCUT2D eigenvalue weighted by molar-refractivity contribution is 5.73. The maximum absolute atomic E-state index is 10.6. The van der Waals surface area contributed by atoms with Crippen molar-refractivity contribution in [3.05, 3.63) is 0 Å². The molecule has 1 fully saturated rings. The fourth-order valence-electron chi connectivity index (χ4n) is 1.48. The van der Waals surface area contributed by atoms with E-state index in [-0.39, 0.29) is 5.91 Å². The highest BCUT2D eigenvalue weighted by Crippen LogP contribution is 2.13. The van der Waals surface area contributed by atoms with E-state index >= 15 is 0 Å².